The number of hydrogen-bond acceptors (Lipinski definition) is 6. The van der Waals surface area contributed by atoms with Gasteiger partial charge in [0.15, 0.2) is 0 Å². The molecule has 0 spiro atoms. The average molecular weight is 422 g/mol. The normalized spacial score (nSPS) is 11.1. The lowest BCUT2D eigenvalue weighted by Gasteiger charge is -2.19. The number of benzene rings is 2. The molecular weight excluding hydrogens is 396 g/mol. The van der Waals surface area contributed by atoms with Gasteiger partial charge in [0.2, 0.25) is 0 Å². The van der Waals surface area contributed by atoms with E-state index in [0.717, 1.165) is 16.5 Å². The number of rotatable bonds is 6. The van der Waals surface area contributed by atoms with Gasteiger partial charge >= 0.3 is 12.1 Å². The van der Waals surface area contributed by atoms with Gasteiger partial charge in [-0.2, -0.15) is 0 Å². The maximum Gasteiger partial charge on any atom is 0.407 e. The van der Waals surface area contributed by atoms with Crippen LogP contribution in [0.2, 0.25) is 0 Å². The highest BCUT2D eigenvalue weighted by atomic mass is 16.6. The average Bonchev–Trinajstić information content (AvgIpc) is 2.74. The molecule has 1 aromatic heterocycles. The zero-order valence-electron chi connectivity index (χ0n) is 18.1. The summed E-state index contributed by atoms with van der Waals surface area (Å²) in [5.74, 6) is 0.287. The van der Waals surface area contributed by atoms with Gasteiger partial charge in [0.05, 0.1) is 24.7 Å². The van der Waals surface area contributed by atoms with Gasteiger partial charge in [0.1, 0.15) is 18.0 Å². The Kier molecular flexibility index (Phi) is 6.74. The largest absolute Gasteiger partial charge is 0.492 e. The summed E-state index contributed by atoms with van der Waals surface area (Å²) in [6.45, 7) is 6.08. The quantitative estimate of drug-likeness (QED) is 0.462. The fraction of sp³-hybridized carbons (Fsp3) is 0.292. The van der Waals surface area contributed by atoms with Gasteiger partial charge in [0.25, 0.3) is 0 Å². The van der Waals surface area contributed by atoms with Crippen LogP contribution in [0.4, 0.5) is 4.79 Å². The van der Waals surface area contributed by atoms with Crippen molar-refractivity contribution in [1.29, 1.82) is 0 Å². The van der Waals surface area contributed by atoms with Crippen LogP contribution in [0.1, 0.15) is 31.1 Å². The number of methoxy groups -OCH3 is 1. The molecule has 7 heteroatoms. The van der Waals surface area contributed by atoms with Crippen LogP contribution in [0.3, 0.4) is 0 Å². The minimum Gasteiger partial charge on any atom is -0.492 e. The lowest BCUT2D eigenvalue weighted by molar-refractivity contribution is 0.0519. The van der Waals surface area contributed by atoms with Crippen molar-refractivity contribution in [2.75, 3.05) is 20.3 Å². The summed E-state index contributed by atoms with van der Waals surface area (Å²) >= 11 is 0. The number of esters is 1. The molecule has 1 heterocycles. The van der Waals surface area contributed by atoms with Gasteiger partial charge in [-0.1, -0.05) is 24.3 Å². The molecule has 1 amide bonds. The summed E-state index contributed by atoms with van der Waals surface area (Å²) in [5.41, 5.74) is 2.54. The zero-order chi connectivity index (χ0) is 22.4. The smallest absolute Gasteiger partial charge is 0.407 e. The lowest BCUT2D eigenvalue weighted by Crippen LogP contribution is -2.34. The number of alkyl carbamates (subject to hydrolysis) is 1. The molecule has 0 atom stereocenters. The highest BCUT2D eigenvalue weighted by molar-refractivity contribution is 6.04. The van der Waals surface area contributed by atoms with Gasteiger partial charge in [-0.3, -0.25) is 4.98 Å². The monoisotopic (exact) mass is 422 g/mol. The molecule has 0 saturated carbocycles. The molecule has 162 valence electrons. The van der Waals surface area contributed by atoms with Crippen molar-refractivity contribution in [3.63, 3.8) is 0 Å². The Morgan fingerprint density at radius 3 is 2.55 bits per heavy atom. The summed E-state index contributed by atoms with van der Waals surface area (Å²) in [7, 11) is 1.36. The maximum atomic E-state index is 12.0. The number of nitrogens with one attached hydrogen (secondary N) is 1. The summed E-state index contributed by atoms with van der Waals surface area (Å²) < 4.78 is 15.8. The van der Waals surface area contributed by atoms with Gasteiger partial charge in [0, 0.05) is 11.6 Å². The van der Waals surface area contributed by atoms with Crippen LogP contribution >= 0.6 is 0 Å². The lowest BCUT2D eigenvalue weighted by atomic mass is 10.0. The standard InChI is InChI=1S/C24H26N2O5/c1-24(2,3)31-23(28)26-12-13-30-18-7-5-6-16(14-18)17-8-9-19-20(22(27)29-4)10-11-25-21(19)15-17/h5-11,14-15H,12-13H2,1-4H3,(H,26,28). The van der Waals surface area contributed by atoms with E-state index in [1.165, 1.54) is 7.11 Å². The van der Waals surface area contributed by atoms with E-state index in [0.29, 0.717) is 30.0 Å². The van der Waals surface area contributed by atoms with Crippen LogP contribution < -0.4 is 10.1 Å². The third kappa shape index (κ3) is 5.94. The van der Waals surface area contributed by atoms with Crippen molar-refractivity contribution in [3.05, 3.63) is 60.3 Å². The van der Waals surface area contributed by atoms with E-state index in [1.54, 1.807) is 12.3 Å². The number of aromatic nitrogens is 1. The van der Waals surface area contributed by atoms with Gasteiger partial charge < -0.3 is 19.5 Å². The summed E-state index contributed by atoms with van der Waals surface area (Å²) in [5, 5.41) is 3.40. The Bertz CT molecular complexity index is 1090. The second-order valence-electron chi connectivity index (χ2n) is 7.89. The fourth-order valence-electron chi connectivity index (χ4n) is 3.02. The van der Waals surface area contributed by atoms with Gasteiger partial charge in [-0.15, -0.1) is 0 Å². The van der Waals surface area contributed by atoms with Crippen LogP contribution in [0.5, 0.6) is 5.75 Å². The first kappa shape index (κ1) is 22.1. The van der Waals surface area contributed by atoms with Crippen LogP contribution in [0, 0.1) is 0 Å². The van der Waals surface area contributed by atoms with Gasteiger partial charge in [-0.05, 0) is 56.2 Å². The number of nitrogens with zero attached hydrogens (tertiary/aromatic N) is 1. The molecule has 0 bridgehead atoms. The molecule has 31 heavy (non-hydrogen) atoms. The predicted molar refractivity (Wildman–Crippen MR) is 118 cm³/mol. The second kappa shape index (κ2) is 9.47. The third-order valence-electron chi connectivity index (χ3n) is 4.35. The zero-order valence-corrected chi connectivity index (χ0v) is 18.1. The third-order valence-corrected chi connectivity index (χ3v) is 4.35. The number of fused-ring (bicyclic) bond motifs is 1. The first-order valence-electron chi connectivity index (χ1n) is 9.94. The number of carbonyl (C=O) groups is 2. The summed E-state index contributed by atoms with van der Waals surface area (Å²) in [6, 6.07) is 15.0. The summed E-state index contributed by atoms with van der Waals surface area (Å²) in [4.78, 5) is 28.0. The molecule has 0 radical (unpaired) electrons. The topological polar surface area (TPSA) is 86.8 Å². The van der Waals surface area contributed by atoms with E-state index in [-0.39, 0.29) is 0 Å². The minimum atomic E-state index is -0.536. The molecule has 3 rings (SSSR count). The van der Waals surface area contributed by atoms with Crippen molar-refractivity contribution in [3.8, 4) is 16.9 Å². The number of ether oxygens (including phenoxy) is 3. The fourth-order valence-corrected chi connectivity index (χ4v) is 3.02. The molecule has 0 saturated heterocycles. The molecule has 0 aliphatic heterocycles. The van der Waals surface area contributed by atoms with E-state index >= 15 is 0 Å². The van der Waals surface area contributed by atoms with Crippen molar-refractivity contribution in [2.24, 2.45) is 0 Å². The van der Waals surface area contributed by atoms with Crippen molar-refractivity contribution in [2.45, 2.75) is 26.4 Å². The Hall–Kier alpha value is -3.61. The molecule has 7 nitrogen and oxygen atoms in total. The molecular formula is C24H26N2O5. The molecule has 0 fully saturated rings. The van der Waals surface area contributed by atoms with Crippen molar-refractivity contribution < 1.29 is 23.8 Å². The molecule has 0 unspecified atom stereocenters. The SMILES string of the molecule is COC(=O)c1ccnc2cc(-c3cccc(OCCNC(=O)OC(C)(C)C)c3)ccc12. The van der Waals surface area contributed by atoms with Crippen molar-refractivity contribution in [1.82, 2.24) is 10.3 Å². The predicted octanol–water partition coefficient (Wildman–Crippen LogP) is 4.59. The molecule has 0 aliphatic carbocycles. The van der Waals surface area contributed by atoms with E-state index < -0.39 is 17.7 Å². The van der Waals surface area contributed by atoms with E-state index in [9.17, 15) is 9.59 Å². The van der Waals surface area contributed by atoms with Crippen LogP contribution in [-0.2, 0) is 9.47 Å². The highest BCUT2D eigenvalue weighted by Crippen LogP contribution is 2.28. The van der Waals surface area contributed by atoms with Crippen LogP contribution in [-0.4, -0.2) is 42.9 Å². The Morgan fingerprint density at radius 2 is 1.81 bits per heavy atom. The first-order chi connectivity index (χ1) is 14.8. The van der Waals surface area contributed by atoms with Crippen LogP contribution in [0.15, 0.2) is 54.7 Å². The number of pyridine rings is 1. The molecule has 0 aliphatic rings. The van der Waals surface area contributed by atoms with Crippen molar-refractivity contribution >= 4 is 23.0 Å². The van der Waals surface area contributed by atoms with E-state index in [2.05, 4.69) is 10.3 Å². The number of hydrogen-bond donors (Lipinski definition) is 1. The van der Waals surface area contributed by atoms with E-state index in [1.807, 2.05) is 63.2 Å². The molecule has 1 N–H and O–H groups in total. The Morgan fingerprint density at radius 1 is 1.03 bits per heavy atom. The van der Waals surface area contributed by atoms with Gasteiger partial charge in [-0.25, -0.2) is 9.59 Å². The highest BCUT2D eigenvalue weighted by Gasteiger charge is 2.15. The minimum absolute atomic E-state index is 0.310. The molecule has 3 aromatic rings. The first-order valence-corrected chi connectivity index (χ1v) is 9.94. The Balaban J connectivity index is 1.68. The Labute approximate surface area is 181 Å². The number of amides is 1. The van der Waals surface area contributed by atoms with E-state index in [4.69, 9.17) is 14.2 Å². The summed E-state index contributed by atoms with van der Waals surface area (Å²) in [6.07, 6.45) is 1.12. The van der Waals surface area contributed by atoms with Crippen LogP contribution in [0.25, 0.3) is 22.0 Å². The molecule has 2 aromatic carbocycles. The maximum absolute atomic E-state index is 12.0. The number of carbonyl (C=O) groups excluding carboxylic acids is 2. The second-order valence-corrected chi connectivity index (χ2v) is 7.89.